The molecule has 14 heteroatoms. The average molecular weight is 573 g/mol. The lowest BCUT2D eigenvalue weighted by Crippen LogP contribution is -2.42. The van der Waals surface area contributed by atoms with Crippen LogP contribution in [0.2, 0.25) is 0 Å². The van der Waals surface area contributed by atoms with Crippen LogP contribution in [0.25, 0.3) is 11.0 Å². The van der Waals surface area contributed by atoms with Gasteiger partial charge in [0, 0.05) is 31.6 Å². The predicted octanol–water partition coefficient (Wildman–Crippen LogP) is 2.39. The number of nitrogens with zero attached hydrogens (tertiary/aromatic N) is 4. The molecule has 41 heavy (non-hydrogen) atoms. The van der Waals surface area contributed by atoms with Crippen LogP contribution in [0.15, 0.2) is 42.5 Å². The first-order chi connectivity index (χ1) is 19.4. The van der Waals surface area contributed by atoms with E-state index in [1.54, 1.807) is 19.2 Å². The van der Waals surface area contributed by atoms with Gasteiger partial charge in [-0.3, -0.25) is 19.7 Å². The second-order valence-corrected chi connectivity index (χ2v) is 9.66. The summed E-state index contributed by atoms with van der Waals surface area (Å²) in [7, 11) is 1.65. The number of aliphatic carboxylic acids is 3. The third kappa shape index (κ3) is 8.46. The average Bonchev–Trinajstić information content (AvgIpc) is 3.54. The fourth-order valence-corrected chi connectivity index (χ4v) is 4.55. The number of nitro benzene ring substituents is 1. The van der Waals surface area contributed by atoms with Crippen LogP contribution in [0.5, 0.6) is 5.75 Å². The van der Waals surface area contributed by atoms with Gasteiger partial charge in [-0.05, 0) is 49.7 Å². The molecule has 1 fully saturated rings. The molecule has 4 rings (SSSR count). The Bertz CT molecular complexity index is 1380. The van der Waals surface area contributed by atoms with Crippen LogP contribution in [0.3, 0.4) is 0 Å². The van der Waals surface area contributed by atoms with Crippen LogP contribution in [0.4, 0.5) is 5.69 Å². The molecule has 1 aliphatic heterocycles. The summed E-state index contributed by atoms with van der Waals surface area (Å²) in [6, 6.07) is 12.9. The summed E-state index contributed by atoms with van der Waals surface area (Å²) in [5, 5.41) is 45.0. The first-order valence-corrected chi connectivity index (χ1v) is 12.8. The molecule has 0 radical (unpaired) electrons. The number of aliphatic hydroxyl groups is 1. The van der Waals surface area contributed by atoms with E-state index in [1.807, 2.05) is 30.3 Å². The maximum absolute atomic E-state index is 11.1. The topological polar surface area (TPSA) is 206 Å². The zero-order chi connectivity index (χ0) is 30.2. The number of methoxy groups -OCH3 is 1. The van der Waals surface area contributed by atoms with Crippen molar-refractivity contribution in [3.05, 3.63) is 64.0 Å². The van der Waals surface area contributed by atoms with E-state index in [1.165, 1.54) is 12.8 Å². The highest BCUT2D eigenvalue weighted by molar-refractivity contribution is 5.88. The normalized spacial score (nSPS) is 13.4. The highest BCUT2D eigenvalue weighted by Crippen LogP contribution is 2.24. The summed E-state index contributed by atoms with van der Waals surface area (Å²) in [6.07, 6.45) is 0.904. The highest BCUT2D eigenvalue weighted by Gasteiger charge is 2.40. The number of fused-ring (bicyclic) bond motifs is 1. The lowest BCUT2D eigenvalue weighted by molar-refractivity contribution is -0.384. The Labute approximate surface area is 234 Å². The van der Waals surface area contributed by atoms with Gasteiger partial charge in [0.2, 0.25) is 0 Å². The van der Waals surface area contributed by atoms with Gasteiger partial charge >= 0.3 is 17.9 Å². The van der Waals surface area contributed by atoms with E-state index in [4.69, 9.17) is 30.1 Å². The fourth-order valence-electron chi connectivity index (χ4n) is 4.55. The molecular weight excluding hydrogens is 540 g/mol. The number of nitro groups is 1. The van der Waals surface area contributed by atoms with Gasteiger partial charge in [0.1, 0.15) is 11.6 Å². The molecule has 0 unspecified atom stereocenters. The number of hydrogen-bond acceptors (Lipinski definition) is 9. The molecule has 0 spiro atoms. The Balaban J connectivity index is 0.000000302. The van der Waals surface area contributed by atoms with E-state index in [0.717, 1.165) is 48.8 Å². The van der Waals surface area contributed by atoms with Crippen molar-refractivity contribution in [2.24, 2.45) is 0 Å². The van der Waals surface area contributed by atoms with Gasteiger partial charge in [-0.2, -0.15) is 0 Å². The van der Waals surface area contributed by atoms with E-state index >= 15 is 0 Å². The van der Waals surface area contributed by atoms with Crippen LogP contribution in [0.1, 0.15) is 37.1 Å². The number of carboxylic acids is 3. The van der Waals surface area contributed by atoms with E-state index in [9.17, 15) is 24.5 Å². The standard InChI is InChI=1S/C21H24N4O3.C6H8O7/c1-28-18-7-4-16(5-8-18)14-21-22-19-15-17(25(26)27)6-9-20(19)24(21)13-12-23-10-2-3-11-23;7-3(8)1-6(13,5(11)12)2-4(9)10/h4-9,15H,2-3,10-14H2,1H3;13H,1-2H2,(H,7,8)(H,9,10)(H,11,12). The first-order valence-electron chi connectivity index (χ1n) is 12.8. The van der Waals surface area contributed by atoms with E-state index < -0.39 is 36.4 Å². The lowest BCUT2D eigenvalue weighted by atomic mass is 9.96. The minimum absolute atomic E-state index is 0.0766. The van der Waals surface area contributed by atoms with Crippen molar-refractivity contribution < 1.29 is 44.5 Å². The summed E-state index contributed by atoms with van der Waals surface area (Å²) in [5.41, 5.74) is 0.102. The van der Waals surface area contributed by atoms with Gasteiger partial charge in [0.25, 0.3) is 5.69 Å². The fraction of sp³-hybridized carbons (Fsp3) is 0.407. The maximum atomic E-state index is 11.1. The molecule has 0 saturated carbocycles. The predicted molar refractivity (Wildman–Crippen MR) is 145 cm³/mol. The highest BCUT2D eigenvalue weighted by atomic mass is 16.6. The lowest BCUT2D eigenvalue weighted by Gasteiger charge is -2.18. The minimum atomic E-state index is -2.74. The quantitative estimate of drug-likeness (QED) is 0.182. The molecule has 1 aliphatic rings. The van der Waals surface area contributed by atoms with Crippen LogP contribution < -0.4 is 4.74 Å². The molecule has 1 saturated heterocycles. The summed E-state index contributed by atoms with van der Waals surface area (Å²) in [4.78, 5) is 48.5. The molecule has 2 aromatic carbocycles. The van der Waals surface area contributed by atoms with Crippen molar-refractivity contribution in [2.45, 2.75) is 44.2 Å². The molecule has 3 aromatic rings. The molecule has 0 aliphatic carbocycles. The van der Waals surface area contributed by atoms with Gasteiger partial charge in [-0.25, -0.2) is 9.78 Å². The number of carbonyl (C=O) groups is 3. The summed E-state index contributed by atoms with van der Waals surface area (Å²) in [6.45, 7) is 4.09. The number of rotatable bonds is 12. The second-order valence-electron chi connectivity index (χ2n) is 9.66. The van der Waals surface area contributed by atoms with Crippen molar-refractivity contribution in [1.82, 2.24) is 14.5 Å². The Morgan fingerprint density at radius 2 is 1.61 bits per heavy atom. The number of ether oxygens (including phenoxy) is 1. The van der Waals surface area contributed by atoms with Crippen molar-refractivity contribution >= 4 is 34.6 Å². The van der Waals surface area contributed by atoms with Gasteiger partial charge in [0.15, 0.2) is 5.60 Å². The van der Waals surface area contributed by atoms with Crippen molar-refractivity contribution in [2.75, 3.05) is 26.7 Å². The zero-order valence-corrected chi connectivity index (χ0v) is 22.4. The largest absolute Gasteiger partial charge is 0.497 e. The molecule has 0 amide bonds. The zero-order valence-electron chi connectivity index (χ0n) is 22.4. The number of carboxylic acid groups (broad SMARTS) is 3. The molecule has 14 nitrogen and oxygen atoms in total. The van der Waals surface area contributed by atoms with Gasteiger partial charge < -0.3 is 34.6 Å². The molecule has 0 atom stereocenters. The van der Waals surface area contributed by atoms with E-state index in [0.29, 0.717) is 11.9 Å². The van der Waals surface area contributed by atoms with Gasteiger partial charge in [0.05, 0.1) is 35.9 Å². The summed E-state index contributed by atoms with van der Waals surface area (Å²) < 4.78 is 7.44. The van der Waals surface area contributed by atoms with Gasteiger partial charge in [-0.1, -0.05) is 12.1 Å². The van der Waals surface area contributed by atoms with Crippen LogP contribution >= 0.6 is 0 Å². The third-order valence-electron chi connectivity index (χ3n) is 6.67. The minimum Gasteiger partial charge on any atom is -0.497 e. The number of likely N-dealkylation sites (tertiary alicyclic amines) is 1. The van der Waals surface area contributed by atoms with Crippen LogP contribution in [-0.2, 0) is 27.3 Å². The number of benzene rings is 2. The number of aromatic nitrogens is 2. The number of hydrogen-bond donors (Lipinski definition) is 4. The molecule has 2 heterocycles. The maximum Gasteiger partial charge on any atom is 0.336 e. The van der Waals surface area contributed by atoms with Crippen molar-refractivity contribution in [3.63, 3.8) is 0 Å². The van der Waals surface area contributed by atoms with Crippen molar-refractivity contribution in [1.29, 1.82) is 0 Å². The molecule has 1 aromatic heterocycles. The number of non-ortho nitro benzene ring substituents is 1. The van der Waals surface area contributed by atoms with Crippen LogP contribution in [-0.4, -0.2) is 90.1 Å². The van der Waals surface area contributed by atoms with Crippen LogP contribution in [0, 0.1) is 10.1 Å². The Morgan fingerprint density at radius 1 is 1.00 bits per heavy atom. The Hall–Kier alpha value is -4.56. The van der Waals surface area contributed by atoms with E-state index in [-0.39, 0.29) is 10.6 Å². The van der Waals surface area contributed by atoms with Gasteiger partial charge in [-0.15, -0.1) is 0 Å². The number of imidazole rings is 1. The molecule has 4 N–H and O–H groups in total. The van der Waals surface area contributed by atoms with E-state index in [2.05, 4.69) is 9.47 Å². The summed E-state index contributed by atoms with van der Waals surface area (Å²) >= 11 is 0. The SMILES string of the molecule is COc1ccc(Cc2nc3cc([N+](=O)[O-])ccc3n2CCN2CCCC2)cc1.O=C(O)CC(O)(CC(=O)O)C(=O)O. The third-order valence-corrected chi connectivity index (χ3v) is 6.67. The molecule has 0 bridgehead atoms. The molecular formula is C27H32N4O10. The summed E-state index contributed by atoms with van der Waals surface area (Å²) in [5.74, 6) is -3.27. The monoisotopic (exact) mass is 572 g/mol. The molecule has 220 valence electrons. The first kappa shape index (κ1) is 31.0. The van der Waals surface area contributed by atoms with Crippen molar-refractivity contribution in [3.8, 4) is 5.75 Å². The smallest absolute Gasteiger partial charge is 0.336 e. The Morgan fingerprint density at radius 3 is 2.12 bits per heavy atom. The Kier molecular flexibility index (Phi) is 10.3. The second kappa shape index (κ2) is 13.7.